The first-order valence-corrected chi connectivity index (χ1v) is 9.02. The molecule has 1 aliphatic carbocycles. The van der Waals surface area contributed by atoms with Crippen molar-refractivity contribution in [2.24, 2.45) is 11.8 Å². The zero-order valence-electron chi connectivity index (χ0n) is 13.4. The maximum atomic E-state index is 12.8. The van der Waals surface area contributed by atoms with E-state index in [1.807, 2.05) is 41.3 Å². The Morgan fingerprint density at radius 2 is 1.67 bits per heavy atom. The van der Waals surface area contributed by atoms with Crippen LogP contribution in [0, 0.1) is 11.8 Å². The first kappa shape index (κ1) is 17.2. The first-order valence-electron chi connectivity index (χ1n) is 8.23. The van der Waals surface area contributed by atoms with Crippen LogP contribution in [0.5, 0.6) is 0 Å². The lowest BCUT2D eigenvalue weighted by Gasteiger charge is -2.34. The fourth-order valence-corrected chi connectivity index (χ4v) is 3.43. The highest BCUT2D eigenvalue weighted by atomic mass is 79.9. The van der Waals surface area contributed by atoms with Crippen LogP contribution in [0.25, 0.3) is 0 Å². The summed E-state index contributed by atoms with van der Waals surface area (Å²) in [7, 11) is 0. The highest BCUT2D eigenvalue weighted by Crippen LogP contribution is 2.29. The molecule has 3 rings (SSSR count). The van der Waals surface area contributed by atoms with Crippen LogP contribution in [0.1, 0.15) is 12.8 Å². The zero-order chi connectivity index (χ0) is 16.9. The van der Waals surface area contributed by atoms with Crippen molar-refractivity contribution in [3.8, 4) is 0 Å². The van der Waals surface area contributed by atoms with Crippen LogP contribution in [0.15, 0.2) is 40.9 Å². The summed E-state index contributed by atoms with van der Waals surface area (Å²) in [5.41, 5.74) is 0.746. The number of amides is 2. The molecule has 1 saturated heterocycles. The molecule has 0 bridgehead atoms. The highest BCUT2D eigenvalue weighted by molar-refractivity contribution is 9.10. The number of nitrogens with zero attached hydrogens (tertiary/aromatic N) is 1. The van der Waals surface area contributed by atoms with E-state index in [9.17, 15) is 9.59 Å². The number of hydrogen-bond donors (Lipinski definition) is 1. The maximum absolute atomic E-state index is 12.8. The zero-order valence-corrected chi connectivity index (χ0v) is 15.0. The van der Waals surface area contributed by atoms with Gasteiger partial charge in [0.2, 0.25) is 11.8 Å². The van der Waals surface area contributed by atoms with E-state index in [1.54, 1.807) is 0 Å². The lowest BCUT2D eigenvalue weighted by molar-refractivity contribution is -0.144. The second-order valence-corrected chi connectivity index (χ2v) is 7.01. The average Bonchev–Trinajstić information content (AvgIpc) is 2.63. The number of ether oxygens (including phenoxy) is 1. The Morgan fingerprint density at radius 1 is 1.04 bits per heavy atom. The molecule has 2 atom stereocenters. The summed E-state index contributed by atoms with van der Waals surface area (Å²) in [6.07, 6.45) is 5.22. The number of carbonyl (C=O) groups excluding carboxylic acids is 2. The molecule has 0 saturated carbocycles. The summed E-state index contributed by atoms with van der Waals surface area (Å²) in [6, 6.07) is 7.46. The number of hydrogen-bond acceptors (Lipinski definition) is 3. The summed E-state index contributed by atoms with van der Waals surface area (Å²) >= 11 is 3.38. The van der Waals surface area contributed by atoms with Crippen molar-refractivity contribution in [2.45, 2.75) is 12.8 Å². The van der Waals surface area contributed by atoms with Gasteiger partial charge in [-0.1, -0.05) is 28.1 Å². The first-order chi connectivity index (χ1) is 11.6. The number of benzene rings is 1. The van der Waals surface area contributed by atoms with Crippen molar-refractivity contribution >= 4 is 33.4 Å². The molecule has 0 aromatic heterocycles. The van der Waals surface area contributed by atoms with Gasteiger partial charge in [-0.3, -0.25) is 9.59 Å². The molecule has 5 nitrogen and oxygen atoms in total. The van der Waals surface area contributed by atoms with Crippen LogP contribution in [-0.4, -0.2) is 43.0 Å². The van der Waals surface area contributed by atoms with Gasteiger partial charge in [0.15, 0.2) is 0 Å². The van der Waals surface area contributed by atoms with Crippen molar-refractivity contribution in [3.05, 3.63) is 40.9 Å². The van der Waals surface area contributed by atoms with Gasteiger partial charge >= 0.3 is 0 Å². The molecule has 1 aromatic rings. The number of rotatable bonds is 3. The number of carbonyl (C=O) groups is 2. The monoisotopic (exact) mass is 392 g/mol. The van der Waals surface area contributed by atoms with E-state index in [-0.39, 0.29) is 23.7 Å². The van der Waals surface area contributed by atoms with E-state index >= 15 is 0 Å². The van der Waals surface area contributed by atoms with Gasteiger partial charge < -0.3 is 15.0 Å². The van der Waals surface area contributed by atoms with E-state index < -0.39 is 0 Å². The lowest BCUT2D eigenvalue weighted by atomic mass is 9.81. The van der Waals surface area contributed by atoms with Crippen LogP contribution in [0.2, 0.25) is 0 Å². The number of halogens is 1. The summed E-state index contributed by atoms with van der Waals surface area (Å²) < 4.78 is 6.27. The Balaban J connectivity index is 1.69. The molecule has 6 heteroatoms. The molecule has 2 unspecified atom stereocenters. The van der Waals surface area contributed by atoms with Gasteiger partial charge in [0.1, 0.15) is 0 Å². The summed E-state index contributed by atoms with van der Waals surface area (Å²) in [6.45, 7) is 2.37. The summed E-state index contributed by atoms with van der Waals surface area (Å²) in [4.78, 5) is 27.3. The quantitative estimate of drug-likeness (QED) is 0.804. The second-order valence-electron chi connectivity index (χ2n) is 6.09. The van der Waals surface area contributed by atoms with Crippen LogP contribution in [-0.2, 0) is 14.3 Å². The predicted octanol–water partition coefficient (Wildman–Crippen LogP) is 2.83. The van der Waals surface area contributed by atoms with E-state index in [1.165, 1.54) is 0 Å². The van der Waals surface area contributed by atoms with E-state index in [0.717, 1.165) is 10.2 Å². The van der Waals surface area contributed by atoms with Gasteiger partial charge in [-0.15, -0.1) is 0 Å². The molecular formula is C18H21BrN2O3. The summed E-state index contributed by atoms with van der Waals surface area (Å²) in [5, 5.41) is 2.94. The number of anilines is 1. The fourth-order valence-electron chi connectivity index (χ4n) is 3.16. The molecule has 2 amide bonds. The Kier molecular flexibility index (Phi) is 5.68. The number of nitrogens with one attached hydrogen (secondary N) is 1. The SMILES string of the molecule is O=C(Nc1ccc(Br)cc1)C1CC=CCC1C(=O)N1CCOCC1. The van der Waals surface area contributed by atoms with Crippen molar-refractivity contribution in [2.75, 3.05) is 31.6 Å². The summed E-state index contributed by atoms with van der Waals surface area (Å²) in [5.74, 6) is -0.635. The van der Waals surface area contributed by atoms with Crippen molar-refractivity contribution in [1.29, 1.82) is 0 Å². The minimum absolute atomic E-state index is 0.0682. The fraction of sp³-hybridized carbons (Fsp3) is 0.444. The molecule has 2 aliphatic rings. The van der Waals surface area contributed by atoms with E-state index in [2.05, 4.69) is 21.2 Å². The van der Waals surface area contributed by atoms with Gasteiger partial charge in [-0.25, -0.2) is 0 Å². The molecule has 1 aromatic carbocycles. The van der Waals surface area contributed by atoms with Gasteiger partial charge in [-0.2, -0.15) is 0 Å². The van der Waals surface area contributed by atoms with Gasteiger partial charge in [-0.05, 0) is 37.1 Å². The lowest BCUT2D eigenvalue weighted by Crippen LogP contribution is -2.47. The molecule has 24 heavy (non-hydrogen) atoms. The van der Waals surface area contributed by atoms with Crippen molar-refractivity contribution in [1.82, 2.24) is 4.90 Å². The predicted molar refractivity (Wildman–Crippen MR) is 95.5 cm³/mol. The molecule has 1 fully saturated rings. The molecule has 1 aliphatic heterocycles. The Morgan fingerprint density at radius 3 is 2.33 bits per heavy atom. The second kappa shape index (κ2) is 7.94. The third-order valence-electron chi connectivity index (χ3n) is 4.52. The average molecular weight is 393 g/mol. The standard InChI is InChI=1S/C18H21BrN2O3/c19-13-5-7-14(8-6-13)20-17(22)15-3-1-2-4-16(15)18(23)21-9-11-24-12-10-21/h1-2,5-8,15-16H,3-4,9-12H2,(H,20,22). The van der Waals surface area contributed by atoms with Crippen LogP contribution in [0.3, 0.4) is 0 Å². The smallest absolute Gasteiger partial charge is 0.228 e. The Labute approximate surface area is 150 Å². The Hall–Kier alpha value is -1.66. The minimum atomic E-state index is -0.325. The van der Waals surface area contributed by atoms with E-state index in [4.69, 9.17) is 4.74 Å². The van der Waals surface area contributed by atoms with Crippen molar-refractivity contribution < 1.29 is 14.3 Å². The molecule has 128 valence electrons. The third kappa shape index (κ3) is 4.05. The Bertz CT molecular complexity index is 624. The normalized spacial score (nSPS) is 23.8. The van der Waals surface area contributed by atoms with Crippen LogP contribution in [0.4, 0.5) is 5.69 Å². The van der Waals surface area contributed by atoms with Gasteiger partial charge in [0.05, 0.1) is 25.0 Å². The molecule has 0 spiro atoms. The largest absolute Gasteiger partial charge is 0.378 e. The topological polar surface area (TPSA) is 58.6 Å². The van der Waals surface area contributed by atoms with Crippen LogP contribution < -0.4 is 5.32 Å². The molecule has 1 N–H and O–H groups in total. The van der Waals surface area contributed by atoms with Gasteiger partial charge in [0, 0.05) is 23.2 Å². The minimum Gasteiger partial charge on any atom is -0.378 e. The highest BCUT2D eigenvalue weighted by Gasteiger charge is 2.36. The number of allylic oxidation sites excluding steroid dienone is 2. The third-order valence-corrected chi connectivity index (χ3v) is 5.05. The van der Waals surface area contributed by atoms with Gasteiger partial charge in [0.25, 0.3) is 0 Å². The molecular weight excluding hydrogens is 372 g/mol. The van der Waals surface area contributed by atoms with Crippen LogP contribution >= 0.6 is 15.9 Å². The maximum Gasteiger partial charge on any atom is 0.228 e. The number of morpholine rings is 1. The molecule has 0 radical (unpaired) electrons. The van der Waals surface area contributed by atoms with Crippen molar-refractivity contribution in [3.63, 3.8) is 0 Å². The van der Waals surface area contributed by atoms with E-state index in [0.29, 0.717) is 39.1 Å². The molecule has 1 heterocycles.